The minimum atomic E-state index is 0.448. The van der Waals surface area contributed by atoms with Gasteiger partial charge in [0.05, 0.1) is 15.7 Å². The lowest BCUT2D eigenvalue weighted by molar-refractivity contribution is 0.359. The standard InChI is InChI=1S/C14H15BrCl2N2S/c15-9-5-10(16)12(11(17)6-9)19-13-18-7-14(8-20-13)3-1-2-4-14/h5-6H,1-4,7-8H2,(H,18,19). The molecular formula is C14H15BrCl2N2S. The summed E-state index contributed by atoms with van der Waals surface area (Å²) in [6, 6.07) is 3.67. The topological polar surface area (TPSA) is 24.4 Å². The monoisotopic (exact) mass is 392 g/mol. The van der Waals surface area contributed by atoms with Crippen LogP contribution < -0.4 is 5.32 Å². The predicted octanol–water partition coefficient (Wildman–Crippen LogP) is 5.83. The Bertz CT molecular complexity index is 533. The van der Waals surface area contributed by atoms with E-state index in [0.29, 0.717) is 15.5 Å². The summed E-state index contributed by atoms with van der Waals surface area (Å²) in [6.45, 7) is 0.925. The molecule has 2 aliphatic rings. The minimum absolute atomic E-state index is 0.448. The van der Waals surface area contributed by atoms with Crippen molar-refractivity contribution in [3.05, 3.63) is 26.7 Å². The van der Waals surface area contributed by atoms with E-state index in [0.717, 1.165) is 27.6 Å². The largest absolute Gasteiger partial charge is 0.333 e. The summed E-state index contributed by atoms with van der Waals surface area (Å²) in [6.07, 6.45) is 5.33. The Morgan fingerprint density at radius 2 is 1.85 bits per heavy atom. The van der Waals surface area contributed by atoms with Crippen molar-refractivity contribution in [1.29, 1.82) is 0 Å². The fraction of sp³-hybridized carbons (Fsp3) is 0.500. The maximum Gasteiger partial charge on any atom is 0.161 e. The zero-order valence-electron chi connectivity index (χ0n) is 10.9. The average molecular weight is 394 g/mol. The summed E-state index contributed by atoms with van der Waals surface area (Å²) < 4.78 is 0.876. The first kappa shape index (κ1) is 15.0. The Labute approximate surface area is 141 Å². The number of rotatable bonds is 1. The molecule has 0 radical (unpaired) electrons. The van der Waals surface area contributed by atoms with Gasteiger partial charge in [-0.15, -0.1) is 0 Å². The van der Waals surface area contributed by atoms with Crippen molar-refractivity contribution in [2.24, 2.45) is 10.4 Å². The van der Waals surface area contributed by atoms with Gasteiger partial charge in [0, 0.05) is 16.8 Å². The Hall–Kier alpha value is 0.1000. The Morgan fingerprint density at radius 1 is 1.20 bits per heavy atom. The quantitative estimate of drug-likeness (QED) is 0.648. The van der Waals surface area contributed by atoms with Crippen LogP contribution in [0.5, 0.6) is 0 Å². The van der Waals surface area contributed by atoms with Crippen molar-refractivity contribution in [2.75, 3.05) is 17.6 Å². The Morgan fingerprint density at radius 3 is 2.40 bits per heavy atom. The number of nitrogens with zero attached hydrogens (tertiary/aromatic N) is 1. The molecule has 0 aromatic heterocycles. The summed E-state index contributed by atoms with van der Waals surface area (Å²) in [5, 5.41) is 5.41. The molecule has 3 rings (SSSR count). The zero-order chi connectivity index (χ0) is 14.2. The summed E-state index contributed by atoms with van der Waals surface area (Å²) in [7, 11) is 0. The molecule has 1 aromatic carbocycles. The Balaban J connectivity index is 1.75. The highest BCUT2D eigenvalue weighted by Crippen LogP contribution is 2.44. The van der Waals surface area contributed by atoms with Gasteiger partial charge in [-0.1, -0.05) is 63.7 Å². The maximum absolute atomic E-state index is 6.23. The van der Waals surface area contributed by atoms with Gasteiger partial charge < -0.3 is 5.32 Å². The number of halogens is 3. The number of thioether (sulfide) groups is 1. The van der Waals surface area contributed by atoms with Gasteiger partial charge in [0.15, 0.2) is 5.17 Å². The molecule has 0 atom stereocenters. The second-order valence-corrected chi connectivity index (χ2v) is 8.18. The number of hydrogen-bond acceptors (Lipinski definition) is 3. The summed E-state index contributed by atoms with van der Waals surface area (Å²) in [5.74, 6) is 1.14. The molecule has 1 heterocycles. The summed E-state index contributed by atoms with van der Waals surface area (Å²) in [5.41, 5.74) is 1.19. The zero-order valence-corrected chi connectivity index (χ0v) is 14.8. The van der Waals surface area contributed by atoms with Gasteiger partial charge in [0.25, 0.3) is 0 Å². The third-order valence-electron chi connectivity index (χ3n) is 3.98. The van der Waals surface area contributed by atoms with Crippen molar-refractivity contribution in [2.45, 2.75) is 25.7 Å². The molecule has 1 spiro atoms. The molecule has 0 saturated heterocycles. The fourth-order valence-corrected chi connectivity index (χ4v) is 5.28. The molecule has 6 heteroatoms. The molecule has 1 aliphatic carbocycles. The average Bonchev–Trinajstić information content (AvgIpc) is 2.85. The minimum Gasteiger partial charge on any atom is -0.333 e. The summed E-state index contributed by atoms with van der Waals surface area (Å²) in [4.78, 5) is 4.70. The molecule has 1 N–H and O–H groups in total. The second-order valence-electron chi connectivity index (χ2n) is 5.49. The fourth-order valence-electron chi connectivity index (χ4n) is 2.82. The van der Waals surface area contributed by atoms with E-state index in [2.05, 4.69) is 21.2 Å². The van der Waals surface area contributed by atoms with Crippen LogP contribution in [0.25, 0.3) is 0 Å². The smallest absolute Gasteiger partial charge is 0.161 e. The number of anilines is 1. The third-order valence-corrected chi connectivity index (χ3v) is 6.29. The Kier molecular flexibility index (Phi) is 4.56. The van der Waals surface area contributed by atoms with Crippen LogP contribution in [0.4, 0.5) is 5.69 Å². The molecular weight excluding hydrogens is 379 g/mol. The lowest BCUT2D eigenvalue weighted by Gasteiger charge is -2.31. The second kappa shape index (κ2) is 6.07. The lowest BCUT2D eigenvalue weighted by atomic mass is 9.89. The third kappa shape index (κ3) is 3.13. The lowest BCUT2D eigenvalue weighted by Crippen LogP contribution is -2.30. The number of nitrogens with one attached hydrogen (secondary N) is 1. The highest BCUT2D eigenvalue weighted by molar-refractivity contribution is 9.10. The van der Waals surface area contributed by atoms with E-state index < -0.39 is 0 Å². The van der Waals surface area contributed by atoms with E-state index in [4.69, 9.17) is 28.2 Å². The van der Waals surface area contributed by atoms with Gasteiger partial charge in [0.1, 0.15) is 0 Å². The van der Waals surface area contributed by atoms with E-state index >= 15 is 0 Å². The van der Waals surface area contributed by atoms with Crippen molar-refractivity contribution in [3.8, 4) is 0 Å². The van der Waals surface area contributed by atoms with Crippen LogP contribution in [-0.2, 0) is 0 Å². The van der Waals surface area contributed by atoms with Crippen LogP contribution in [0, 0.1) is 5.41 Å². The van der Waals surface area contributed by atoms with Crippen molar-refractivity contribution >= 4 is 61.7 Å². The van der Waals surface area contributed by atoms with E-state index in [1.54, 1.807) is 11.8 Å². The number of amidine groups is 1. The molecule has 108 valence electrons. The SMILES string of the molecule is Clc1cc(Br)cc(Cl)c1NC1=NCC2(CCCC2)CS1. The van der Waals surface area contributed by atoms with Gasteiger partial charge in [0.2, 0.25) is 0 Å². The first-order chi connectivity index (χ1) is 9.58. The van der Waals surface area contributed by atoms with Crippen molar-refractivity contribution < 1.29 is 0 Å². The number of hydrogen-bond donors (Lipinski definition) is 1. The van der Waals surface area contributed by atoms with Crippen LogP contribution in [0.15, 0.2) is 21.6 Å². The van der Waals surface area contributed by atoms with Gasteiger partial charge in [-0.05, 0) is 30.4 Å². The van der Waals surface area contributed by atoms with Crippen molar-refractivity contribution in [3.63, 3.8) is 0 Å². The highest BCUT2D eigenvalue weighted by atomic mass is 79.9. The normalized spacial score (nSPS) is 21.1. The van der Waals surface area contributed by atoms with Gasteiger partial charge in [-0.3, -0.25) is 4.99 Å². The number of benzene rings is 1. The molecule has 1 saturated carbocycles. The molecule has 20 heavy (non-hydrogen) atoms. The molecule has 0 bridgehead atoms. The van der Waals surface area contributed by atoms with Crippen LogP contribution in [0.2, 0.25) is 10.0 Å². The van der Waals surface area contributed by atoms with Crippen molar-refractivity contribution in [1.82, 2.24) is 0 Å². The molecule has 0 amide bonds. The van der Waals surface area contributed by atoms with Gasteiger partial charge in [-0.25, -0.2) is 0 Å². The molecule has 0 unspecified atom stereocenters. The van der Waals surface area contributed by atoms with E-state index in [1.807, 2.05) is 12.1 Å². The number of aliphatic imine (C=N–C) groups is 1. The van der Waals surface area contributed by atoms with E-state index in [9.17, 15) is 0 Å². The molecule has 1 aromatic rings. The highest BCUT2D eigenvalue weighted by Gasteiger charge is 2.36. The maximum atomic E-state index is 6.23. The first-order valence-corrected chi connectivity index (χ1v) is 9.20. The van der Waals surface area contributed by atoms with Gasteiger partial charge in [-0.2, -0.15) is 0 Å². The molecule has 1 fully saturated rings. The summed E-state index contributed by atoms with van der Waals surface area (Å²) >= 11 is 17.6. The van der Waals surface area contributed by atoms with Gasteiger partial charge >= 0.3 is 0 Å². The van der Waals surface area contributed by atoms with Crippen LogP contribution in [0.3, 0.4) is 0 Å². The van der Waals surface area contributed by atoms with Crippen LogP contribution in [-0.4, -0.2) is 17.5 Å². The van der Waals surface area contributed by atoms with E-state index in [-0.39, 0.29) is 0 Å². The predicted molar refractivity (Wildman–Crippen MR) is 93.4 cm³/mol. The molecule has 2 nitrogen and oxygen atoms in total. The first-order valence-electron chi connectivity index (χ1n) is 6.67. The van der Waals surface area contributed by atoms with Crippen LogP contribution >= 0.6 is 50.9 Å². The van der Waals surface area contributed by atoms with E-state index in [1.165, 1.54) is 25.7 Å². The molecule has 1 aliphatic heterocycles. The van der Waals surface area contributed by atoms with Crippen LogP contribution in [0.1, 0.15) is 25.7 Å².